The molecule has 6 nitrogen and oxygen atoms in total. The summed E-state index contributed by atoms with van der Waals surface area (Å²) >= 11 is 0. The SMILES string of the molecule is CN1CCCN(c2nc(-c3ccccc3)nc3nc(-c4ccccc4)oc23)CC1. The van der Waals surface area contributed by atoms with Crippen LogP contribution in [0.3, 0.4) is 0 Å². The minimum absolute atomic E-state index is 0.577. The molecule has 4 aromatic rings. The fourth-order valence-corrected chi connectivity index (χ4v) is 3.70. The van der Waals surface area contributed by atoms with Crippen molar-refractivity contribution >= 4 is 17.0 Å². The van der Waals surface area contributed by atoms with Crippen molar-refractivity contribution in [3.05, 3.63) is 60.7 Å². The van der Waals surface area contributed by atoms with E-state index in [1.165, 1.54) is 0 Å². The number of oxazole rings is 1. The zero-order valence-corrected chi connectivity index (χ0v) is 16.5. The van der Waals surface area contributed by atoms with E-state index in [2.05, 4.69) is 16.8 Å². The molecule has 3 heterocycles. The number of nitrogens with zero attached hydrogens (tertiary/aromatic N) is 5. The third-order valence-electron chi connectivity index (χ3n) is 5.31. The Morgan fingerprint density at radius 2 is 1.48 bits per heavy atom. The molecular formula is C23H23N5O. The van der Waals surface area contributed by atoms with Crippen molar-refractivity contribution in [2.45, 2.75) is 6.42 Å². The maximum Gasteiger partial charge on any atom is 0.229 e. The molecule has 1 aliphatic rings. The molecule has 1 aliphatic heterocycles. The summed E-state index contributed by atoms with van der Waals surface area (Å²) < 4.78 is 6.21. The van der Waals surface area contributed by atoms with Crippen LogP contribution in [0.25, 0.3) is 34.1 Å². The lowest BCUT2D eigenvalue weighted by Crippen LogP contribution is -2.29. The first-order valence-electron chi connectivity index (χ1n) is 10.0. The number of anilines is 1. The largest absolute Gasteiger partial charge is 0.430 e. The third kappa shape index (κ3) is 3.59. The van der Waals surface area contributed by atoms with E-state index in [0.717, 1.165) is 49.5 Å². The van der Waals surface area contributed by atoms with E-state index in [1.54, 1.807) is 0 Å². The van der Waals surface area contributed by atoms with Gasteiger partial charge in [-0.25, -0.2) is 9.97 Å². The monoisotopic (exact) mass is 385 g/mol. The molecule has 0 bridgehead atoms. The van der Waals surface area contributed by atoms with Crippen molar-refractivity contribution in [3.8, 4) is 22.8 Å². The van der Waals surface area contributed by atoms with E-state index in [-0.39, 0.29) is 0 Å². The zero-order valence-electron chi connectivity index (χ0n) is 16.5. The summed E-state index contributed by atoms with van der Waals surface area (Å²) in [4.78, 5) is 19.0. The average Bonchev–Trinajstić information content (AvgIpc) is 3.09. The molecule has 0 amide bonds. The van der Waals surface area contributed by atoms with Crippen LogP contribution in [0.5, 0.6) is 0 Å². The number of fused-ring (bicyclic) bond motifs is 1. The van der Waals surface area contributed by atoms with Gasteiger partial charge in [0, 0.05) is 30.8 Å². The standard InChI is InChI=1S/C23H23N5O/c1-27-13-8-14-28(16-15-27)22-19-21(24-20(25-22)17-9-4-2-5-10-17)26-23(29-19)18-11-6-3-7-12-18/h2-7,9-12H,8,13-16H2,1H3. The van der Waals surface area contributed by atoms with Crippen LogP contribution in [0.2, 0.25) is 0 Å². The number of hydrogen-bond donors (Lipinski definition) is 0. The van der Waals surface area contributed by atoms with Gasteiger partial charge in [-0.15, -0.1) is 0 Å². The van der Waals surface area contributed by atoms with Crippen LogP contribution in [0, 0.1) is 0 Å². The molecule has 0 spiro atoms. The number of likely N-dealkylation sites (N-methyl/N-ethyl adjacent to an activating group) is 1. The highest BCUT2D eigenvalue weighted by molar-refractivity contribution is 5.85. The van der Waals surface area contributed by atoms with Gasteiger partial charge in [0.2, 0.25) is 17.1 Å². The molecule has 6 heteroatoms. The minimum Gasteiger partial charge on any atom is -0.430 e. The first kappa shape index (κ1) is 17.8. The summed E-state index contributed by atoms with van der Waals surface area (Å²) in [5, 5.41) is 0. The molecule has 1 fully saturated rings. The number of benzene rings is 2. The Morgan fingerprint density at radius 3 is 2.24 bits per heavy atom. The molecule has 0 saturated carbocycles. The second kappa shape index (κ2) is 7.64. The lowest BCUT2D eigenvalue weighted by atomic mass is 10.2. The van der Waals surface area contributed by atoms with Crippen molar-refractivity contribution in [1.82, 2.24) is 19.9 Å². The molecule has 29 heavy (non-hydrogen) atoms. The molecule has 146 valence electrons. The second-order valence-electron chi connectivity index (χ2n) is 7.42. The summed E-state index contributed by atoms with van der Waals surface area (Å²) in [6, 6.07) is 20.0. The van der Waals surface area contributed by atoms with Crippen LogP contribution in [0.15, 0.2) is 65.1 Å². The maximum atomic E-state index is 6.21. The Hall–Kier alpha value is -3.25. The Kier molecular flexibility index (Phi) is 4.69. The highest BCUT2D eigenvalue weighted by atomic mass is 16.4. The van der Waals surface area contributed by atoms with Crippen LogP contribution >= 0.6 is 0 Å². The van der Waals surface area contributed by atoms with Crippen LogP contribution in [-0.2, 0) is 0 Å². The van der Waals surface area contributed by atoms with Gasteiger partial charge in [0.1, 0.15) is 0 Å². The minimum atomic E-state index is 0.577. The van der Waals surface area contributed by atoms with Gasteiger partial charge in [-0.05, 0) is 32.1 Å². The van der Waals surface area contributed by atoms with E-state index in [1.807, 2.05) is 60.7 Å². The van der Waals surface area contributed by atoms with Gasteiger partial charge in [0.05, 0.1) is 0 Å². The summed E-state index contributed by atoms with van der Waals surface area (Å²) in [7, 11) is 2.16. The van der Waals surface area contributed by atoms with Gasteiger partial charge in [-0.3, -0.25) is 0 Å². The van der Waals surface area contributed by atoms with Gasteiger partial charge in [0.25, 0.3) is 0 Å². The molecule has 0 N–H and O–H groups in total. The van der Waals surface area contributed by atoms with Crippen molar-refractivity contribution in [1.29, 1.82) is 0 Å². The Morgan fingerprint density at radius 1 is 0.759 bits per heavy atom. The van der Waals surface area contributed by atoms with E-state index < -0.39 is 0 Å². The molecule has 2 aromatic carbocycles. The number of hydrogen-bond acceptors (Lipinski definition) is 6. The van der Waals surface area contributed by atoms with Crippen molar-refractivity contribution in [3.63, 3.8) is 0 Å². The highest BCUT2D eigenvalue weighted by Gasteiger charge is 2.22. The quantitative estimate of drug-likeness (QED) is 0.529. The van der Waals surface area contributed by atoms with Crippen LogP contribution < -0.4 is 4.90 Å². The van der Waals surface area contributed by atoms with Gasteiger partial charge in [0.15, 0.2) is 11.6 Å². The predicted molar refractivity (Wildman–Crippen MR) is 115 cm³/mol. The van der Waals surface area contributed by atoms with Crippen LogP contribution in [0.4, 0.5) is 5.82 Å². The zero-order chi connectivity index (χ0) is 19.6. The van der Waals surface area contributed by atoms with E-state index in [0.29, 0.717) is 22.9 Å². The fourth-order valence-electron chi connectivity index (χ4n) is 3.70. The molecule has 0 aliphatic carbocycles. The molecular weight excluding hydrogens is 362 g/mol. The van der Waals surface area contributed by atoms with Gasteiger partial charge < -0.3 is 14.2 Å². The van der Waals surface area contributed by atoms with E-state index in [4.69, 9.17) is 19.4 Å². The van der Waals surface area contributed by atoms with Crippen molar-refractivity contribution in [2.75, 3.05) is 38.1 Å². The maximum absolute atomic E-state index is 6.21. The lowest BCUT2D eigenvalue weighted by Gasteiger charge is -2.21. The summed E-state index contributed by atoms with van der Waals surface area (Å²) in [6.45, 7) is 3.91. The predicted octanol–water partition coefficient (Wildman–Crippen LogP) is 4.09. The Balaban J connectivity index is 1.66. The van der Waals surface area contributed by atoms with Crippen molar-refractivity contribution < 1.29 is 4.42 Å². The lowest BCUT2D eigenvalue weighted by molar-refractivity contribution is 0.360. The second-order valence-corrected chi connectivity index (χ2v) is 7.42. The fraction of sp³-hybridized carbons (Fsp3) is 0.261. The summed E-state index contributed by atoms with van der Waals surface area (Å²) in [5.41, 5.74) is 3.18. The molecule has 0 atom stereocenters. The summed E-state index contributed by atoms with van der Waals surface area (Å²) in [5.74, 6) is 2.09. The van der Waals surface area contributed by atoms with Crippen molar-refractivity contribution in [2.24, 2.45) is 0 Å². The van der Waals surface area contributed by atoms with E-state index >= 15 is 0 Å². The molecule has 0 radical (unpaired) electrons. The van der Waals surface area contributed by atoms with Crippen LogP contribution in [-0.4, -0.2) is 53.1 Å². The molecule has 5 rings (SSSR count). The number of rotatable bonds is 3. The molecule has 2 aromatic heterocycles. The Labute approximate surface area is 169 Å². The van der Waals surface area contributed by atoms with Gasteiger partial charge in [-0.1, -0.05) is 48.5 Å². The van der Waals surface area contributed by atoms with Crippen LogP contribution in [0.1, 0.15) is 6.42 Å². The van der Waals surface area contributed by atoms with Gasteiger partial charge >= 0.3 is 0 Å². The Bertz CT molecular complexity index is 1110. The topological polar surface area (TPSA) is 58.3 Å². The molecule has 0 unspecified atom stereocenters. The van der Waals surface area contributed by atoms with E-state index in [9.17, 15) is 0 Å². The third-order valence-corrected chi connectivity index (χ3v) is 5.31. The number of aromatic nitrogens is 3. The first-order chi connectivity index (χ1) is 14.3. The molecule has 1 saturated heterocycles. The van der Waals surface area contributed by atoms with Gasteiger partial charge in [-0.2, -0.15) is 4.98 Å². The first-order valence-corrected chi connectivity index (χ1v) is 10.0. The smallest absolute Gasteiger partial charge is 0.229 e. The summed E-state index contributed by atoms with van der Waals surface area (Å²) in [6.07, 6.45) is 1.09. The highest BCUT2D eigenvalue weighted by Crippen LogP contribution is 2.32. The normalized spacial score (nSPS) is 15.6. The average molecular weight is 385 g/mol.